The van der Waals surface area contributed by atoms with Crippen molar-refractivity contribution in [1.29, 1.82) is 0 Å². The van der Waals surface area contributed by atoms with E-state index < -0.39 is 0 Å². The lowest BCUT2D eigenvalue weighted by atomic mass is 10.2. The van der Waals surface area contributed by atoms with Crippen LogP contribution in [0.2, 0.25) is 0 Å². The van der Waals surface area contributed by atoms with E-state index in [1.807, 2.05) is 18.6 Å². The summed E-state index contributed by atoms with van der Waals surface area (Å²) in [5.74, 6) is 0. The predicted molar refractivity (Wildman–Crippen MR) is 70.7 cm³/mol. The summed E-state index contributed by atoms with van der Waals surface area (Å²) < 4.78 is 5.06. The van der Waals surface area contributed by atoms with E-state index in [0.717, 1.165) is 17.2 Å². The molecular formula is C11H15N3OS2. The van der Waals surface area contributed by atoms with Crippen molar-refractivity contribution in [2.75, 3.05) is 20.3 Å². The fraction of sp³-hybridized carbons (Fsp3) is 0.455. The third kappa shape index (κ3) is 3.32. The summed E-state index contributed by atoms with van der Waals surface area (Å²) in [6.07, 6.45) is 1.89. The Morgan fingerprint density at radius 1 is 1.47 bits per heavy atom. The molecule has 0 saturated carbocycles. The summed E-state index contributed by atoms with van der Waals surface area (Å²) in [4.78, 5) is 9.86. The number of methoxy groups -OCH3 is 1. The van der Waals surface area contributed by atoms with Crippen LogP contribution in [-0.4, -0.2) is 30.2 Å². The van der Waals surface area contributed by atoms with Gasteiger partial charge in [0, 0.05) is 35.8 Å². The first-order chi connectivity index (χ1) is 8.31. The van der Waals surface area contributed by atoms with Crippen LogP contribution in [0.4, 0.5) is 0 Å². The molecule has 0 saturated heterocycles. The highest BCUT2D eigenvalue weighted by molar-refractivity contribution is 7.11. The Bertz CT molecular complexity index is 441. The molecule has 2 aromatic heterocycles. The fourth-order valence-electron chi connectivity index (χ4n) is 1.49. The number of thiazole rings is 2. The minimum atomic E-state index is 0.136. The second-order valence-electron chi connectivity index (χ2n) is 3.61. The van der Waals surface area contributed by atoms with Gasteiger partial charge >= 0.3 is 0 Å². The van der Waals surface area contributed by atoms with Crippen LogP contribution in [-0.2, 0) is 4.74 Å². The van der Waals surface area contributed by atoms with E-state index in [1.165, 1.54) is 4.88 Å². The monoisotopic (exact) mass is 269 g/mol. The van der Waals surface area contributed by atoms with Gasteiger partial charge in [0.05, 0.1) is 18.2 Å². The first kappa shape index (κ1) is 12.6. The van der Waals surface area contributed by atoms with Crippen LogP contribution in [0, 0.1) is 6.92 Å². The molecule has 2 heterocycles. The molecule has 1 atom stereocenters. The predicted octanol–water partition coefficient (Wildman–Crippen LogP) is 2.23. The van der Waals surface area contributed by atoms with Crippen LogP contribution in [0.5, 0.6) is 0 Å². The van der Waals surface area contributed by atoms with Gasteiger partial charge in [-0.3, -0.25) is 4.98 Å². The van der Waals surface area contributed by atoms with Crippen LogP contribution in [0.25, 0.3) is 0 Å². The van der Waals surface area contributed by atoms with Gasteiger partial charge in [0.2, 0.25) is 0 Å². The van der Waals surface area contributed by atoms with Crippen LogP contribution >= 0.6 is 22.7 Å². The Morgan fingerprint density at radius 3 is 2.94 bits per heavy atom. The number of nitrogens with one attached hydrogen (secondary N) is 1. The van der Waals surface area contributed by atoms with Crippen molar-refractivity contribution >= 4 is 22.7 Å². The molecule has 0 bridgehead atoms. The molecule has 0 aliphatic heterocycles. The number of nitrogens with zero attached hydrogens (tertiary/aromatic N) is 2. The topological polar surface area (TPSA) is 47.0 Å². The Morgan fingerprint density at radius 2 is 2.35 bits per heavy atom. The van der Waals surface area contributed by atoms with Gasteiger partial charge in [-0.25, -0.2) is 4.98 Å². The summed E-state index contributed by atoms with van der Waals surface area (Å²) in [7, 11) is 1.71. The van der Waals surface area contributed by atoms with E-state index in [-0.39, 0.29) is 6.04 Å². The Labute approximate surface area is 109 Å². The molecular weight excluding hydrogens is 254 g/mol. The maximum Gasteiger partial charge on any atom is 0.115 e. The molecule has 2 rings (SSSR count). The Hall–Kier alpha value is -0.820. The van der Waals surface area contributed by atoms with Gasteiger partial charge in [0.25, 0.3) is 0 Å². The van der Waals surface area contributed by atoms with Gasteiger partial charge in [-0.05, 0) is 6.92 Å². The van der Waals surface area contributed by atoms with E-state index in [2.05, 4.69) is 20.7 Å². The fourth-order valence-corrected chi connectivity index (χ4v) is 3.15. The van der Waals surface area contributed by atoms with Crippen LogP contribution < -0.4 is 5.32 Å². The second-order valence-corrected chi connectivity index (χ2v) is 5.42. The summed E-state index contributed by atoms with van der Waals surface area (Å²) in [5, 5.41) is 6.60. The molecule has 0 aliphatic rings. The molecule has 1 unspecified atom stereocenters. The van der Waals surface area contributed by atoms with Gasteiger partial charge in [-0.2, -0.15) is 0 Å². The van der Waals surface area contributed by atoms with Gasteiger partial charge in [0.1, 0.15) is 5.01 Å². The first-order valence-corrected chi connectivity index (χ1v) is 7.10. The normalized spacial score (nSPS) is 12.8. The first-order valence-electron chi connectivity index (χ1n) is 5.34. The van der Waals surface area contributed by atoms with E-state index in [4.69, 9.17) is 4.74 Å². The minimum Gasteiger partial charge on any atom is -0.383 e. The van der Waals surface area contributed by atoms with Gasteiger partial charge in [-0.1, -0.05) is 0 Å². The highest BCUT2D eigenvalue weighted by Gasteiger charge is 2.18. The number of hydrogen-bond donors (Lipinski definition) is 1. The number of rotatable bonds is 6. The summed E-state index contributed by atoms with van der Waals surface area (Å²) in [6, 6.07) is 0.136. The van der Waals surface area contributed by atoms with Crippen LogP contribution in [0.15, 0.2) is 17.1 Å². The third-order valence-electron chi connectivity index (χ3n) is 2.27. The molecule has 0 aromatic carbocycles. The van der Waals surface area contributed by atoms with Crippen molar-refractivity contribution in [3.63, 3.8) is 0 Å². The van der Waals surface area contributed by atoms with Crippen LogP contribution in [0.1, 0.15) is 21.6 Å². The highest BCUT2D eigenvalue weighted by atomic mass is 32.1. The smallest absolute Gasteiger partial charge is 0.115 e. The molecule has 0 fully saturated rings. The maximum absolute atomic E-state index is 5.06. The average molecular weight is 269 g/mol. The Kier molecular flexibility index (Phi) is 4.61. The van der Waals surface area contributed by atoms with Crippen molar-refractivity contribution in [3.05, 3.63) is 32.7 Å². The van der Waals surface area contributed by atoms with E-state index in [0.29, 0.717) is 6.61 Å². The lowest BCUT2D eigenvalue weighted by Gasteiger charge is -2.14. The van der Waals surface area contributed by atoms with Crippen LogP contribution in [0.3, 0.4) is 0 Å². The lowest BCUT2D eigenvalue weighted by Crippen LogP contribution is -2.25. The zero-order valence-electron chi connectivity index (χ0n) is 9.84. The Balaban J connectivity index is 2.13. The lowest BCUT2D eigenvalue weighted by molar-refractivity contribution is 0.197. The van der Waals surface area contributed by atoms with E-state index in [1.54, 1.807) is 29.8 Å². The molecule has 4 nitrogen and oxygen atoms in total. The molecule has 6 heteroatoms. The minimum absolute atomic E-state index is 0.136. The quantitative estimate of drug-likeness (QED) is 0.817. The molecule has 0 amide bonds. The number of aryl methyl sites for hydroxylation is 1. The molecule has 0 aliphatic carbocycles. The van der Waals surface area contributed by atoms with Crippen molar-refractivity contribution in [3.8, 4) is 0 Å². The number of hydrogen-bond acceptors (Lipinski definition) is 6. The van der Waals surface area contributed by atoms with Gasteiger partial charge in [-0.15, -0.1) is 22.7 Å². The molecule has 0 spiro atoms. The molecule has 2 aromatic rings. The van der Waals surface area contributed by atoms with Gasteiger partial charge < -0.3 is 10.1 Å². The third-order valence-corrected chi connectivity index (χ3v) is 4.14. The van der Waals surface area contributed by atoms with Crippen molar-refractivity contribution < 1.29 is 4.74 Å². The summed E-state index contributed by atoms with van der Waals surface area (Å²) >= 11 is 3.32. The van der Waals surface area contributed by atoms with E-state index >= 15 is 0 Å². The van der Waals surface area contributed by atoms with Crippen molar-refractivity contribution in [1.82, 2.24) is 15.3 Å². The largest absolute Gasteiger partial charge is 0.383 e. The SMILES string of the molecule is COCCNC(c1cncs1)c1nc(C)cs1. The molecule has 17 heavy (non-hydrogen) atoms. The molecule has 0 radical (unpaired) electrons. The van der Waals surface area contributed by atoms with Crippen molar-refractivity contribution in [2.24, 2.45) is 0 Å². The number of aromatic nitrogens is 2. The summed E-state index contributed by atoms with van der Waals surface area (Å²) in [5.41, 5.74) is 2.91. The van der Waals surface area contributed by atoms with Gasteiger partial charge in [0.15, 0.2) is 0 Å². The average Bonchev–Trinajstić information content (AvgIpc) is 2.96. The molecule has 1 N–H and O–H groups in total. The zero-order chi connectivity index (χ0) is 12.1. The summed E-state index contributed by atoms with van der Waals surface area (Å²) in [6.45, 7) is 3.51. The zero-order valence-corrected chi connectivity index (χ0v) is 11.5. The molecule has 92 valence electrons. The van der Waals surface area contributed by atoms with E-state index in [9.17, 15) is 0 Å². The standard InChI is InChI=1S/C11H15N3OS2/c1-8-6-16-11(14-8)10(13-3-4-15-2)9-5-12-7-17-9/h5-7,10,13H,3-4H2,1-2H3. The van der Waals surface area contributed by atoms with Crippen molar-refractivity contribution in [2.45, 2.75) is 13.0 Å². The number of ether oxygens (including phenoxy) is 1. The maximum atomic E-state index is 5.06. The highest BCUT2D eigenvalue weighted by Crippen LogP contribution is 2.27. The second kappa shape index (κ2) is 6.20.